The zero-order valence-electron chi connectivity index (χ0n) is 11.5. The van der Waals surface area contributed by atoms with Crippen molar-refractivity contribution in [1.82, 2.24) is 5.32 Å². The van der Waals surface area contributed by atoms with Gasteiger partial charge in [-0.2, -0.15) is 0 Å². The molecule has 0 aromatic heterocycles. The normalized spacial score (nSPS) is 10.4. The fourth-order valence-electron chi connectivity index (χ4n) is 1.77. The number of hydrogen-bond acceptors (Lipinski definition) is 3. The average Bonchev–Trinajstić information content (AvgIpc) is 2.42. The summed E-state index contributed by atoms with van der Waals surface area (Å²) in [6, 6.07) is 2.95. The molecule has 0 unspecified atom stereocenters. The predicted octanol–water partition coefficient (Wildman–Crippen LogP) is 3.34. The van der Waals surface area contributed by atoms with Gasteiger partial charge in [0.15, 0.2) is 0 Å². The van der Waals surface area contributed by atoms with Crippen molar-refractivity contribution in [3.05, 3.63) is 27.7 Å². The number of carboxylic acids is 1. The van der Waals surface area contributed by atoms with E-state index in [1.165, 1.54) is 12.1 Å². The molecule has 0 radical (unpaired) electrons. The summed E-state index contributed by atoms with van der Waals surface area (Å²) in [5.74, 6) is -1.04. The number of carbonyl (C=O) groups excluding carboxylic acids is 1. The number of nitrogen functional groups attached to an aromatic ring is 1. The van der Waals surface area contributed by atoms with Crippen molar-refractivity contribution in [2.24, 2.45) is 0 Å². The number of rotatable bonds is 8. The van der Waals surface area contributed by atoms with Gasteiger partial charge in [-0.15, -0.1) is 0 Å². The Labute approximate surface area is 133 Å². The average molecular weight is 333 g/mol. The van der Waals surface area contributed by atoms with E-state index in [0.717, 1.165) is 19.3 Å². The number of anilines is 1. The molecule has 0 saturated carbocycles. The quantitative estimate of drug-likeness (QED) is 0.502. The van der Waals surface area contributed by atoms with Crippen LogP contribution in [0.4, 0.5) is 5.69 Å². The maximum atomic E-state index is 11.9. The van der Waals surface area contributed by atoms with E-state index in [4.69, 9.17) is 34.0 Å². The van der Waals surface area contributed by atoms with E-state index < -0.39 is 5.97 Å². The molecule has 1 amide bonds. The molecule has 0 aliphatic carbocycles. The Balaban J connectivity index is 2.30. The number of unbranched alkanes of at least 4 members (excludes halogenated alkanes) is 3. The van der Waals surface area contributed by atoms with E-state index >= 15 is 0 Å². The molecule has 1 rings (SSSR count). The Morgan fingerprint density at radius 2 is 1.67 bits per heavy atom. The van der Waals surface area contributed by atoms with Crippen LogP contribution in [0.3, 0.4) is 0 Å². The lowest BCUT2D eigenvalue weighted by Crippen LogP contribution is -2.24. The lowest BCUT2D eigenvalue weighted by molar-refractivity contribution is -0.137. The standard InChI is InChI=1S/C14H18Cl2N2O3/c15-10-7-9(8-11(16)13(10)17)14(21)18-6-4-2-1-3-5-12(19)20/h7-8H,1-6,17H2,(H,18,21)(H,19,20). The maximum Gasteiger partial charge on any atom is 0.303 e. The van der Waals surface area contributed by atoms with E-state index in [-0.39, 0.29) is 28.1 Å². The molecule has 21 heavy (non-hydrogen) atoms. The number of carboxylic acid groups (broad SMARTS) is 1. The van der Waals surface area contributed by atoms with Gasteiger partial charge in [-0.3, -0.25) is 9.59 Å². The predicted molar refractivity (Wildman–Crippen MR) is 83.9 cm³/mol. The number of hydrogen-bond donors (Lipinski definition) is 3. The summed E-state index contributed by atoms with van der Waals surface area (Å²) in [5, 5.41) is 11.8. The van der Waals surface area contributed by atoms with Gasteiger partial charge in [0, 0.05) is 18.5 Å². The fourth-order valence-corrected chi connectivity index (χ4v) is 2.26. The molecule has 0 bridgehead atoms. The molecule has 116 valence electrons. The first-order valence-corrected chi connectivity index (χ1v) is 7.42. The smallest absolute Gasteiger partial charge is 0.303 e. The summed E-state index contributed by atoms with van der Waals surface area (Å²) < 4.78 is 0. The Bertz CT molecular complexity index is 498. The van der Waals surface area contributed by atoms with Crippen molar-refractivity contribution >= 4 is 40.8 Å². The van der Waals surface area contributed by atoms with Gasteiger partial charge in [0.2, 0.25) is 0 Å². The molecule has 0 heterocycles. The SMILES string of the molecule is Nc1c(Cl)cc(C(=O)NCCCCCCC(=O)O)cc1Cl. The Hall–Kier alpha value is -1.46. The molecule has 7 heteroatoms. The van der Waals surface area contributed by atoms with Crippen LogP contribution in [0, 0.1) is 0 Å². The molecule has 0 saturated heterocycles. The van der Waals surface area contributed by atoms with Crippen LogP contribution in [0.2, 0.25) is 10.0 Å². The molecular formula is C14H18Cl2N2O3. The number of halogens is 2. The molecule has 0 aliphatic heterocycles. The monoisotopic (exact) mass is 332 g/mol. The molecular weight excluding hydrogens is 315 g/mol. The van der Waals surface area contributed by atoms with Crippen LogP contribution in [-0.4, -0.2) is 23.5 Å². The summed E-state index contributed by atoms with van der Waals surface area (Å²) in [6.45, 7) is 0.519. The van der Waals surface area contributed by atoms with Gasteiger partial charge in [-0.1, -0.05) is 36.0 Å². The third-order valence-electron chi connectivity index (χ3n) is 2.94. The van der Waals surface area contributed by atoms with E-state index in [2.05, 4.69) is 5.32 Å². The van der Waals surface area contributed by atoms with Crippen molar-refractivity contribution in [3.8, 4) is 0 Å². The van der Waals surface area contributed by atoms with Crippen molar-refractivity contribution in [1.29, 1.82) is 0 Å². The number of aliphatic carboxylic acids is 1. The third kappa shape index (κ3) is 6.23. The van der Waals surface area contributed by atoms with Gasteiger partial charge >= 0.3 is 5.97 Å². The highest BCUT2D eigenvalue weighted by Crippen LogP contribution is 2.28. The molecule has 0 atom stereocenters. The van der Waals surface area contributed by atoms with Crippen LogP contribution >= 0.6 is 23.2 Å². The first-order chi connectivity index (χ1) is 9.91. The van der Waals surface area contributed by atoms with Crippen molar-refractivity contribution < 1.29 is 14.7 Å². The summed E-state index contributed by atoms with van der Waals surface area (Å²) in [5.41, 5.74) is 6.23. The van der Waals surface area contributed by atoms with E-state index in [1.807, 2.05) is 0 Å². The molecule has 0 spiro atoms. The fraction of sp³-hybridized carbons (Fsp3) is 0.429. The van der Waals surface area contributed by atoms with E-state index in [1.54, 1.807) is 0 Å². The number of nitrogens with two attached hydrogens (primary N) is 1. The van der Waals surface area contributed by atoms with Gasteiger partial charge < -0.3 is 16.2 Å². The van der Waals surface area contributed by atoms with Gasteiger partial charge in [-0.25, -0.2) is 0 Å². The lowest BCUT2D eigenvalue weighted by atomic mass is 10.1. The number of carbonyl (C=O) groups is 2. The second kappa shape index (κ2) is 8.74. The maximum absolute atomic E-state index is 11.9. The molecule has 0 fully saturated rings. The Kier molecular flexibility index (Phi) is 7.32. The van der Waals surface area contributed by atoms with Crippen LogP contribution < -0.4 is 11.1 Å². The molecule has 0 aliphatic rings. The highest BCUT2D eigenvalue weighted by Gasteiger charge is 2.10. The van der Waals surface area contributed by atoms with E-state index in [9.17, 15) is 9.59 Å². The van der Waals surface area contributed by atoms with E-state index in [0.29, 0.717) is 18.5 Å². The van der Waals surface area contributed by atoms with Gasteiger partial charge in [0.1, 0.15) is 0 Å². The highest BCUT2D eigenvalue weighted by molar-refractivity contribution is 6.39. The third-order valence-corrected chi connectivity index (χ3v) is 3.57. The summed E-state index contributed by atoms with van der Waals surface area (Å²) in [4.78, 5) is 22.2. The van der Waals surface area contributed by atoms with Crippen LogP contribution in [0.15, 0.2) is 12.1 Å². The second-order valence-corrected chi connectivity index (χ2v) is 5.48. The van der Waals surface area contributed by atoms with Crippen LogP contribution in [-0.2, 0) is 4.79 Å². The van der Waals surface area contributed by atoms with Gasteiger partial charge in [0.25, 0.3) is 5.91 Å². The van der Waals surface area contributed by atoms with Crippen LogP contribution in [0.5, 0.6) is 0 Å². The first-order valence-electron chi connectivity index (χ1n) is 6.66. The highest BCUT2D eigenvalue weighted by atomic mass is 35.5. The van der Waals surface area contributed by atoms with Crippen molar-refractivity contribution in [2.75, 3.05) is 12.3 Å². The lowest BCUT2D eigenvalue weighted by Gasteiger charge is -2.08. The second-order valence-electron chi connectivity index (χ2n) is 4.67. The van der Waals surface area contributed by atoms with Crippen molar-refractivity contribution in [3.63, 3.8) is 0 Å². The molecule has 5 nitrogen and oxygen atoms in total. The Morgan fingerprint density at radius 3 is 2.24 bits per heavy atom. The molecule has 1 aromatic rings. The van der Waals surface area contributed by atoms with Crippen molar-refractivity contribution in [2.45, 2.75) is 32.1 Å². The zero-order valence-corrected chi connectivity index (χ0v) is 13.0. The summed E-state index contributed by atoms with van der Waals surface area (Å²) in [6.07, 6.45) is 3.35. The largest absolute Gasteiger partial charge is 0.481 e. The summed E-state index contributed by atoms with van der Waals surface area (Å²) in [7, 11) is 0. The number of nitrogens with one attached hydrogen (secondary N) is 1. The zero-order chi connectivity index (χ0) is 15.8. The topological polar surface area (TPSA) is 92.4 Å². The number of amides is 1. The molecule has 1 aromatic carbocycles. The van der Waals surface area contributed by atoms with Gasteiger partial charge in [-0.05, 0) is 25.0 Å². The first kappa shape index (κ1) is 17.6. The minimum Gasteiger partial charge on any atom is -0.481 e. The van der Waals surface area contributed by atoms with Crippen LogP contribution in [0.25, 0.3) is 0 Å². The summed E-state index contributed by atoms with van der Waals surface area (Å²) >= 11 is 11.7. The Morgan fingerprint density at radius 1 is 1.10 bits per heavy atom. The molecule has 4 N–H and O–H groups in total. The minimum atomic E-state index is -0.777. The van der Waals surface area contributed by atoms with Crippen LogP contribution in [0.1, 0.15) is 42.5 Å². The minimum absolute atomic E-state index is 0.189. The van der Waals surface area contributed by atoms with Gasteiger partial charge in [0.05, 0.1) is 15.7 Å². The number of benzene rings is 1.